The lowest BCUT2D eigenvalue weighted by atomic mass is 9.77. The first-order valence-electron chi connectivity index (χ1n) is 12.3. The Morgan fingerprint density at radius 2 is 1.70 bits per heavy atom. The molecule has 1 aliphatic heterocycles. The predicted octanol–water partition coefficient (Wildman–Crippen LogP) is 6.60. The van der Waals surface area contributed by atoms with Crippen LogP contribution in [-0.4, -0.2) is 48.5 Å². The van der Waals surface area contributed by atoms with Crippen LogP contribution in [0.2, 0.25) is 0 Å². The topological polar surface area (TPSA) is 32.7 Å². The van der Waals surface area contributed by atoms with Crippen molar-refractivity contribution in [1.29, 1.82) is 0 Å². The van der Waals surface area contributed by atoms with Gasteiger partial charge in [-0.25, -0.2) is 0 Å². The normalized spacial score (nSPS) is 18.2. The second kappa shape index (κ2) is 12.4. The molecule has 1 aromatic rings. The van der Waals surface area contributed by atoms with Crippen LogP contribution in [-0.2, 0) is 16.3 Å². The Bertz CT molecular complexity index is 727. The van der Waals surface area contributed by atoms with E-state index in [4.69, 9.17) is 4.74 Å². The fraction of sp³-hybridized carbons (Fsp3) is 0.704. The highest BCUT2D eigenvalue weighted by molar-refractivity contribution is 5.30. The van der Waals surface area contributed by atoms with Crippen molar-refractivity contribution in [2.45, 2.75) is 90.5 Å². The fourth-order valence-electron chi connectivity index (χ4n) is 4.70. The summed E-state index contributed by atoms with van der Waals surface area (Å²) in [5.74, 6) is 0.632. The number of alkyl halides is 3. The van der Waals surface area contributed by atoms with Crippen LogP contribution >= 0.6 is 0 Å². The number of hydrogen-bond donors (Lipinski definition) is 1. The van der Waals surface area contributed by atoms with Crippen molar-refractivity contribution in [3.63, 3.8) is 0 Å². The summed E-state index contributed by atoms with van der Waals surface area (Å²) in [6, 6.07) is 5.90. The van der Waals surface area contributed by atoms with E-state index in [0.29, 0.717) is 12.5 Å². The lowest BCUT2D eigenvalue weighted by Crippen LogP contribution is -2.43. The van der Waals surface area contributed by atoms with Gasteiger partial charge in [0.1, 0.15) is 0 Å². The van der Waals surface area contributed by atoms with Gasteiger partial charge in [0.25, 0.3) is 0 Å². The van der Waals surface area contributed by atoms with Gasteiger partial charge in [0.2, 0.25) is 0 Å². The van der Waals surface area contributed by atoms with Gasteiger partial charge in [0.05, 0.1) is 18.3 Å². The summed E-state index contributed by atoms with van der Waals surface area (Å²) in [6.07, 6.45) is 2.88. The molecule has 2 atom stereocenters. The zero-order chi connectivity index (χ0) is 24.6. The van der Waals surface area contributed by atoms with Gasteiger partial charge in [-0.2, -0.15) is 13.2 Å². The number of aliphatic hydroxyl groups is 1. The Hall–Kier alpha value is -1.37. The van der Waals surface area contributed by atoms with Crippen LogP contribution in [0.3, 0.4) is 0 Å². The molecular formula is C27H42F3NO2. The molecule has 6 heteroatoms. The third-order valence-corrected chi connectivity index (χ3v) is 6.90. The lowest BCUT2D eigenvalue weighted by molar-refractivity contribution is -0.137. The van der Waals surface area contributed by atoms with Crippen LogP contribution in [0.1, 0.15) is 77.8 Å². The van der Waals surface area contributed by atoms with E-state index in [1.807, 2.05) is 6.92 Å². The van der Waals surface area contributed by atoms with E-state index >= 15 is 0 Å². The quantitative estimate of drug-likeness (QED) is 0.371. The number of likely N-dealkylation sites (tertiary alicyclic amines) is 1. The molecule has 0 amide bonds. The molecular weight excluding hydrogens is 427 g/mol. The highest BCUT2D eigenvalue weighted by Gasteiger charge is 2.33. The predicted molar refractivity (Wildman–Crippen MR) is 128 cm³/mol. The molecule has 33 heavy (non-hydrogen) atoms. The van der Waals surface area contributed by atoms with Gasteiger partial charge in [-0.3, -0.25) is 4.90 Å². The van der Waals surface area contributed by atoms with Crippen molar-refractivity contribution in [2.75, 3.05) is 26.3 Å². The largest absolute Gasteiger partial charge is 0.416 e. The van der Waals surface area contributed by atoms with E-state index in [1.165, 1.54) is 17.7 Å². The van der Waals surface area contributed by atoms with E-state index in [0.717, 1.165) is 50.8 Å². The molecule has 3 nitrogen and oxygen atoms in total. The molecule has 1 N–H and O–H groups in total. The number of allylic oxidation sites excluding steroid dienone is 1. The monoisotopic (exact) mass is 469 g/mol. The minimum absolute atomic E-state index is 0.0560. The molecule has 1 heterocycles. The number of hydrogen-bond acceptors (Lipinski definition) is 3. The number of piperidine rings is 1. The zero-order valence-electron chi connectivity index (χ0n) is 20.9. The van der Waals surface area contributed by atoms with Gasteiger partial charge in [0.15, 0.2) is 0 Å². The Kier molecular flexibility index (Phi) is 10.4. The first-order valence-corrected chi connectivity index (χ1v) is 12.3. The maximum Gasteiger partial charge on any atom is 0.416 e. The number of ether oxygens (including phenoxy) is 1. The zero-order valence-corrected chi connectivity index (χ0v) is 20.9. The van der Waals surface area contributed by atoms with E-state index in [2.05, 4.69) is 38.7 Å². The van der Waals surface area contributed by atoms with Crippen LogP contribution in [0.5, 0.6) is 0 Å². The number of nitrogens with zero attached hydrogens (tertiary/aromatic N) is 1. The summed E-state index contributed by atoms with van der Waals surface area (Å²) in [4.78, 5) is 2.53. The molecule has 0 spiro atoms. The Balaban J connectivity index is 1.99. The third kappa shape index (κ3) is 8.73. The van der Waals surface area contributed by atoms with Gasteiger partial charge in [0, 0.05) is 12.6 Å². The Morgan fingerprint density at radius 1 is 1.12 bits per heavy atom. The number of halogens is 3. The highest BCUT2D eigenvalue weighted by atomic mass is 19.4. The first-order chi connectivity index (χ1) is 15.5. The Morgan fingerprint density at radius 3 is 2.18 bits per heavy atom. The smallest absolute Gasteiger partial charge is 0.394 e. The molecule has 1 saturated heterocycles. The molecule has 1 fully saturated rings. The maximum absolute atomic E-state index is 13.0. The molecule has 2 unspecified atom stereocenters. The second-order valence-electron chi connectivity index (χ2n) is 10.3. The minimum Gasteiger partial charge on any atom is -0.394 e. The van der Waals surface area contributed by atoms with Crippen molar-refractivity contribution in [1.82, 2.24) is 4.90 Å². The molecule has 1 aliphatic rings. The number of aliphatic hydroxyl groups excluding tert-OH is 1. The molecule has 0 saturated carbocycles. The van der Waals surface area contributed by atoms with Gasteiger partial charge in [-0.05, 0) is 88.1 Å². The first kappa shape index (κ1) is 27.9. The summed E-state index contributed by atoms with van der Waals surface area (Å²) < 4.78 is 44.7. The van der Waals surface area contributed by atoms with Crippen LogP contribution < -0.4 is 0 Å². The molecule has 1 aromatic carbocycles. The SMILES string of the molecule is CCC(CO)OCCC1CCN(C(C=C(C)C)CC(C)(C)c2ccc(C(F)(F)F)cc2)CC1. The second-order valence-corrected chi connectivity index (χ2v) is 10.3. The molecule has 0 aliphatic carbocycles. The van der Waals surface area contributed by atoms with Crippen LogP contribution in [0.4, 0.5) is 13.2 Å². The summed E-state index contributed by atoms with van der Waals surface area (Å²) in [5, 5.41) is 9.27. The summed E-state index contributed by atoms with van der Waals surface area (Å²) in [5.41, 5.74) is 1.35. The number of benzene rings is 1. The average Bonchev–Trinajstić information content (AvgIpc) is 2.76. The van der Waals surface area contributed by atoms with E-state index in [1.54, 1.807) is 12.1 Å². The van der Waals surface area contributed by atoms with Crippen molar-refractivity contribution in [3.05, 3.63) is 47.0 Å². The van der Waals surface area contributed by atoms with Crippen molar-refractivity contribution in [3.8, 4) is 0 Å². The van der Waals surface area contributed by atoms with Gasteiger partial charge in [-0.15, -0.1) is 0 Å². The van der Waals surface area contributed by atoms with Crippen molar-refractivity contribution in [2.24, 2.45) is 5.92 Å². The van der Waals surface area contributed by atoms with E-state index in [9.17, 15) is 18.3 Å². The fourth-order valence-corrected chi connectivity index (χ4v) is 4.70. The molecule has 0 bridgehead atoms. The standard InChI is InChI=1S/C27H42F3NO2/c1-6-25(19-32)33-16-13-21-11-14-31(15-12-21)24(17-20(2)3)18-26(4,5)22-7-9-23(10-8-22)27(28,29)30/h7-10,17,21,24-25,32H,6,11-16,18-19H2,1-5H3. The molecule has 2 rings (SSSR count). The lowest BCUT2D eigenvalue weighted by Gasteiger charge is -2.40. The van der Waals surface area contributed by atoms with E-state index < -0.39 is 11.7 Å². The Labute approximate surface area is 198 Å². The van der Waals surface area contributed by atoms with E-state index in [-0.39, 0.29) is 24.2 Å². The highest BCUT2D eigenvalue weighted by Crippen LogP contribution is 2.35. The minimum atomic E-state index is -4.31. The third-order valence-electron chi connectivity index (χ3n) is 6.90. The number of rotatable bonds is 11. The molecule has 0 aromatic heterocycles. The average molecular weight is 470 g/mol. The van der Waals surface area contributed by atoms with Gasteiger partial charge < -0.3 is 9.84 Å². The molecule has 0 radical (unpaired) electrons. The summed E-state index contributed by atoms with van der Waals surface area (Å²) in [6.45, 7) is 13.3. The van der Waals surface area contributed by atoms with Crippen LogP contribution in [0, 0.1) is 5.92 Å². The maximum atomic E-state index is 13.0. The van der Waals surface area contributed by atoms with Gasteiger partial charge >= 0.3 is 6.18 Å². The van der Waals surface area contributed by atoms with Gasteiger partial charge in [-0.1, -0.05) is 44.6 Å². The molecule has 188 valence electrons. The van der Waals surface area contributed by atoms with Crippen molar-refractivity contribution < 1.29 is 23.0 Å². The summed E-state index contributed by atoms with van der Waals surface area (Å²) >= 11 is 0. The van der Waals surface area contributed by atoms with Crippen molar-refractivity contribution >= 4 is 0 Å². The van der Waals surface area contributed by atoms with Crippen LogP contribution in [0.15, 0.2) is 35.9 Å². The van der Waals surface area contributed by atoms with Crippen LogP contribution in [0.25, 0.3) is 0 Å². The summed E-state index contributed by atoms with van der Waals surface area (Å²) in [7, 11) is 0.